The number of benzene rings is 1. The average molecular weight is 292 g/mol. The highest BCUT2D eigenvalue weighted by atomic mass is 19.1. The highest BCUT2D eigenvalue weighted by Gasteiger charge is 2.14. The van der Waals surface area contributed by atoms with Crippen molar-refractivity contribution in [2.24, 2.45) is 0 Å². The zero-order chi connectivity index (χ0) is 15.2. The predicted molar refractivity (Wildman–Crippen MR) is 82.5 cm³/mol. The molecular formula is C15H21FN4O. The van der Waals surface area contributed by atoms with Crippen LogP contribution in [0.4, 0.5) is 16.2 Å². The summed E-state index contributed by atoms with van der Waals surface area (Å²) in [6.45, 7) is 2.18. The van der Waals surface area contributed by atoms with E-state index in [0.717, 1.165) is 19.3 Å². The molecule has 0 aliphatic carbocycles. The molecule has 0 spiro atoms. The quantitative estimate of drug-likeness (QED) is 0.730. The molecule has 0 aliphatic rings. The van der Waals surface area contributed by atoms with Crippen molar-refractivity contribution in [1.29, 1.82) is 0 Å². The van der Waals surface area contributed by atoms with Gasteiger partial charge in [0.15, 0.2) is 0 Å². The molecule has 2 aromatic rings. The normalized spacial score (nSPS) is 12.5. The van der Waals surface area contributed by atoms with Crippen LogP contribution in [-0.4, -0.2) is 27.7 Å². The SMILES string of the molecule is CCCC[C@@H](CCO)Nc1nc(N)nc2cccc(F)c12. The standard InChI is InChI=1S/C15H21FN4O/c1-2-3-5-10(8-9-21)18-14-13-11(16)6-4-7-12(13)19-15(17)20-14/h4,6-7,10,21H,2-3,5,8-9H2,1H3,(H3,17,18,19,20)/t10-/m0/s1. The molecule has 0 fully saturated rings. The molecule has 1 aromatic carbocycles. The maximum atomic E-state index is 14.1. The number of nitrogen functional groups attached to an aromatic ring is 1. The van der Waals surface area contributed by atoms with Gasteiger partial charge in [0.05, 0.1) is 10.9 Å². The second-order valence-corrected chi connectivity index (χ2v) is 5.06. The van der Waals surface area contributed by atoms with Gasteiger partial charge >= 0.3 is 0 Å². The van der Waals surface area contributed by atoms with Gasteiger partial charge in [-0.15, -0.1) is 0 Å². The average Bonchev–Trinajstić information content (AvgIpc) is 2.44. The van der Waals surface area contributed by atoms with E-state index in [-0.39, 0.29) is 24.4 Å². The summed E-state index contributed by atoms with van der Waals surface area (Å²) < 4.78 is 14.1. The number of halogens is 1. The zero-order valence-corrected chi connectivity index (χ0v) is 12.1. The number of anilines is 2. The maximum Gasteiger partial charge on any atom is 0.222 e. The third-order valence-electron chi connectivity index (χ3n) is 3.41. The fourth-order valence-electron chi connectivity index (χ4n) is 2.35. The first-order valence-corrected chi connectivity index (χ1v) is 7.24. The molecule has 2 rings (SSSR count). The number of hydrogen-bond donors (Lipinski definition) is 3. The van der Waals surface area contributed by atoms with Crippen LogP contribution in [0.3, 0.4) is 0 Å². The maximum absolute atomic E-state index is 14.1. The van der Waals surface area contributed by atoms with E-state index >= 15 is 0 Å². The van der Waals surface area contributed by atoms with E-state index in [1.807, 2.05) is 0 Å². The summed E-state index contributed by atoms with van der Waals surface area (Å²) in [6.07, 6.45) is 3.56. The van der Waals surface area contributed by atoms with Gasteiger partial charge in [0.25, 0.3) is 0 Å². The highest BCUT2D eigenvalue weighted by Crippen LogP contribution is 2.25. The van der Waals surface area contributed by atoms with Crippen LogP contribution in [-0.2, 0) is 0 Å². The van der Waals surface area contributed by atoms with Gasteiger partial charge in [0.2, 0.25) is 5.95 Å². The Bertz CT molecular complexity index is 605. The molecule has 4 N–H and O–H groups in total. The number of nitrogens with two attached hydrogens (primary N) is 1. The fourth-order valence-corrected chi connectivity index (χ4v) is 2.35. The Morgan fingerprint density at radius 1 is 1.33 bits per heavy atom. The molecule has 0 bridgehead atoms. The first-order valence-electron chi connectivity index (χ1n) is 7.24. The predicted octanol–water partition coefficient (Wildman–Crippen LogP) is 2.70. The van der Waals surface area contributed by atoms with Crippen LogP contribution >= 0.6 is 0 Å². The van der Waals surface area contributed by atoms with Crippen molar-refractivity contribution in [3.8, 4) is 0 Å². The highest BCUT2D eigenvalue weighted by molar-refractivity contribution is 5.90. The van der Waals surface area contributed by atoms with E-state index in [2.05, 4.69) is 22.2 Å². The molecule has 1 aromatic heterocycles. The summed E-state index contributed by atoms with van der Waals surface area (Å²) in [5.74, 6) is 0.118. The van der Waals surface area contributed by atoms with Gasteiger partial charge in [-0.2, -0.15) is 4.98 Å². The van der Waals surface area contributed by atoms with Crippen LogP contribution in [0, 0.1) is 5.82 Å². The molecule has 0 amide bonds. The number of nitrogens with one attached hydrogen (secondary N) is 1. The Hall–Kier alpha value is -1.95. The van der Waals surface area contributed by atoms with Crippen molar-refractivity contribution in [2.45, 2.75) is 38.6 Å². The number of aliphatic hydroxyl groups is 1. The van der Waals surface area contributed by atoms with Crippen LogP contribution in [0.15, 0.2) is 18.2 Å². The minimum atomic E-state index is -0.381. The van der Waals surface area contributed by atoms with Crippen LogP contribution < -0.4 is 11.1 Å². The largest absolute Gasteiger partial charge is 0.396 e. The summed E-state index contributed by atoms with van der Waals surface area (Å²) in [6, 6.07) is 4.71. The first kappa shape index (κ1) is 15.4. The van der Waals surface area contributed by atoms with E-state index in [1.54, 1.807) is 12.1 Å². The summed E-state index contributed by atoms with van der Waals surface area (Å²) in [5.41, 5.74) is 6.17. The number of nitrogens with zero attached hydrogens (tertiary/aromatic N) is 2. The number of fused-ring (bicyclic) bond motifs is 1. The number of hydrogen-bond acceptors (Lipinski definition) is 5. The topological polar surface area (TPSA) is 84.1 Å². The van der Waals surface area contributed by atoms with Gasteiger partial charge in [-0.3, -0.25) is 0 Å². The third kappa shape index (κ3) is 3.78. The number of aromatic nitrogens is 2. The minimum Gasteiger partial charge on any atom is -0.396 e. The second kappa shape index (κ2) is 7.17. The van der Waals surface area contributed by atoms with Crippen molar-refractivity contribution >= 4 is 22.7 Å². The second-order valence-electron chi connectivity index (χ2n) is 5.06. The third-order valence-corrected chi connectivity index (χ3v) is 3.41. The Morgan fingerprint density at radius 2 is 2.14 bits per heavy atom. The van der Waals surface area contributed by atoms with Gasteiger partial charge in [-0.25, -0.2) is 9.37 Å². The number of rotatable bonds is 7. The lowest BCUT2D eigenvalue weighted by molar-refractivity contribution is 0.276. The molecule has 0 aliphatic heterocycles. The van der Waals surface area contributed by atoms with Crippen molar-refractivity contribution in [2.75, 3.05) is 17.7 Å². The summed E-state index contributed by atoms with van der Waals surface area (Å²) in [7, 11) is 0. The summed E-state index contributed by atoms with van der Waals surface area (Å²) in [5, 5.41) is 12.7. The molecule has 21 heavy (non-hydrogen) atoms. The fraction of sp³-hybridized carbons (Fsp3) is 0.467. The Balaban J connectivity index is 2.35. The molecule has 114 valence electrons. The van der Waals surface area contributed by atoms with Gasteiger partial charge in [0, 0.05) is 12.6 Å². The summed E-state index contributed by atoms with van der Waals surface area (Å²) in [4.78, 5) is 8.18. The molecule has 0 saturated heterocycles. The zero-order valence-electron chi connectivity index (χ0n) is 12.1. The van der Waals surface area contributed by atoms with Crippen LogP contribution in [0.2, 0.25) is 0 Å². The lowest BCUT2D eigenvalue weighted by Gasteiger charge is -2.19. The molecule has 0 unspecified atom stereocenters. The molecule has 1 heterocycles. The molecule has 0 saturated carbocycles. The number of unbranched alkanes of at least 4 members (excludes halogenated alkanes) is 1. The molecule has 5 nitrogen and oxygen atoms in total. The minimum absolute atomic E-state index is 0.0343. The smallest absolute Gasteiger partial charge is 0.222 e. The van der Waals surface area contributed by atoms with Gasteiger partial charge in [-0.1, -0.05) is 25.8 Å². The van der Waals surface area contributed by atoms with Crippen molar-refractivity contribution < 1.29 is 9.50 Å². The van der Waals surface area contributed by atoms with Gasteiger partial charge in [0.1, 0.15) is 11.6 Å². The van der Waals surface area contributed by atoms with E-state index in [0.29, 0.717) is 23.1 Å². The Morgan fingerprint density at radius 3 is 2.86 bits per heavy atom. The lowest BCUT2D eigenvalue weighted by Crippen LogP contribution is -2.22. The number of aliphatic hydroxyl groups excluding tert-OH is 1. The molecular weight excluding hydrogens is 271 g/mol. The summed E-state index contributed by atoms with van der Waals surface area (Å²) >= 11 is 0. The Labute approximate surface area is 123 Å². The van der Waals surface area contributed by atoms with Crippen LogP contribution in [0.25, 0.3) is 10.9 Å². The van der Waals surface area contributed by atoms with Gasteiger partial charge < -0.3 is 16.2 Å². The molecule has 0 radical (unpaired) electrons. The Kier molecular flexibility index (Phi) is 5.27. The van der Waals surface area contributed by atoms with Crippen LogP contribution in [0.1, 0.15) is 32.6 Å². The van der Waals surface area contributed by atoms with Gasteiger partial charge in [-0.05, 0) is 25.0 Å². The van der Waals surface area contributed by atoms with E-state index in [4.69, 9.17) is 10.8 Å². The van der Waals surface area contributed by atoms with Crippen LogP contribution in [0.5, 0.6) is 0 Å². The van der Waals surface area contributed by atoms with Crippen molar-refractivity contribution in [3.63, 3.8) is 0 Å². The monoisotopic (exact) mass is 292 g/mol. The van der Waals surface area contributed by atoms with E-state index in [1.165, 1.54) is 6.07 Å². The molecule has 1 atom stereocenters. The van der Waals surface area contributed by atoms with Crippen molar-refractivity contribution in [3.05, 3.63) is 24.0 Å². The van der Waals surface area contributed by atoms with Crippen molar-refractivity contribution in [1.82, 2.24) is 9.97 Å². The van der Waals surface area contributed by atoms with E-state index in [9.17, 15) is 4.39 Å². The van der Waals surface area contributed by atoms with E-state index < -0.39 is 0 Å². The first-order chi connectivity index (χ1) is 10.2. The lowest BCUT2D eigenvalue weighted by atomic mass is 10.1. The molecule has 6 heteroatoms.